The van der Waals surface area contributed by atoms with Crippen molar-refractivity contribution in [3.05, 3.63) is 35.6 Å². The third-order valence-corrected chi connectivity index (χ3v) is 2.43. The second-order valence-electron chi connectivity index (χ2n) is 3.31. The van der Waals surface area contributed by atoms with Gasteiger partial charge in [-0.3, -0.25) is 0 Å². The molecular weight excluding hydrogens is 217 g/mol. The summed E-state index contributed by atoms with van der Waals surface area (Å²) in [4.78, 5) is 0. The van der Waals surface area contributed by atoms with Gasteiger partial charge in [0.15, 0.2) is 0 Å². The Kier molecular flexibility index (Phi) is 5.61. The number of hydrogen-bond donors (Lipinski definition) is 1. The molecule has 0 bridgehead atoms. The smallest absolute Gasteiger partial charge is 0.123 e. The van der Waals surface area contributed by atoms with Crippen LogP contribution in [0.25, 0.3) is 0 Å². The van der Waals surface area contributed by atoms with E-state index in [1.54, 1.807) is 19.2 Å². The zero-order valence-corrected chi connectivity index (χ0v) is 9.43. The summed E-state index contributed by atoms with van der Waals surface area (Å²) in [5, 5.41) is 3.23. The summed E-state index contributed by atoms with van der Waals surface area (Å²) >= 11 is 5.74. The highest BCUT2D eigenvalue weighted by Crippen LogP contribution is 2.03. The minimum Gasteiger partial charge on any atom is -0.383 e. The first-order valence-electron chi connectivity index (χ1n) is 4.79. The van der Waals surface area contributed by atoms with E-state index in [0.717, 1.165) is 5.56 Å². The molecule has 0 radical (unpaired) electrons. The molecule has 1 N–H and O–H groups in total. The third-order valence-electron chi connectivity index (χ3n) is 2.06. The van der Waals surface area contributed by atoms with Crippen LogP contribution in [0.1, 0.15) is 5.56 Å². The van der Waals surface area contributed by atoms with Gasteiger partial charge in [-0.1, -0.05) is 12.1 Å². The van der Waals surface area contributed by atoms with E-state index in [1.165, 1.54) is 12.1 Å². The molecule has 2 nitrogen and oxygen atoms in total. The van der Waals surface area contributed by atoms with E-state index in [0.29, 0.717) is 19.0 Å². The Labute approximate surface area is 94.4 Å². The molecule has 0 aliphatic rings. The molecule has 0 aliphatic heterocycles. The van der Waals surface area contributed by atoms with Gasteiger partial charge in [-0.25, -0.2) is 4.39 Å². The SMILES string of the molecule is COCC(CCl)NCc1ccc(F)cc1. The number of methoxy groups -OCH3 is 1. The van der Waals surface area contributed by atoms with Crippen molar-refractivity contribution in [2.24, 2.45) is 0 Å². The van der Waals surface area contributed by atoms with Crippen LogP contribution in [0, 0.1) is 5.82 Å². The highest BCUT2D eigenvalue weighted by molar-refractivity contribution is 6.18. The van der Waals surface area contributed by atoms with Gasteiger partial charge in [0.05, 0.1) is 6.61 Å². The molecule has 0 saturated heterocycles. The normalized spacial score (nSPS) is 12.7. The van der Waals surface area contributed by atoms with Crippen LogP contribution in [0.15, 0.2) is 24.3 Å². The maximum Gasteiger partial charge on any atom is 0.123 e. The Hall–Kier alpha value is -0.640. The van der Waals surface area contributed by atoms with E-state index in [-0.39, 0.29) is 11.9 Å². The number of hydrogen-bond acceptors (Lipinski definition) is 2. The summed E-state index contributed by atoms with van der Waals surface area (Å²) in [5.74, 6) is 0.277. The zero-order chi connectivity index (χ0) is 11.1. The number of nitrogens with one attached hydrogen (secondary N) is 1. The Bertz CT molecular complexity index is 278. The molecule has 0 fully saturated rings. The fourth-order valence-corrected chi connectivity index (χ4v) is 1.42. The summed E-state index contributed by atoms with van der Waals surface area (Å²) in [5.41, 5.74) is 1.03. The Balaban J connectivity index is 2.38. The fraction of sp³-hybridized carbons (Fsp3) is 0.455. The lowest BCUT2D eigenvalue weighted by Crippen LogP contribution is -2.34. The molecule has 0 aromatic heterocycles. The average molecular weight is 232 g/mol. The van der Waals surface area contributed by atoms with Crippen molar-refractivity contribution in [1.29, 1.82) is 0 Å². The van der Waals surface area contributed by atoms with Gasteiger partial charge < -0.3 is 10.1 Å². The van der Waals surface area contributed by atoms with Crippen molar-refractivity contribution in [2.75, 3.05) is 19.6 Å². The van der Waals surface area contributed by atoms with Crippen molar-refractivity contribution < 1.29 is 9.13 Å². The highest BCUT2D eigenvalue weighted by atomic mass is 35.5. The predicted octanol–water partition coefficient (Wildman–Crippen LogP) is 2.17. The Morgan fingerprint density at radius 2 is 2.07 bits per heavy atom. The lowest BCUT2D eigenvalue weighted by atomic mass is 10.2. The molecular formula is C11H15ClFNO. The molecule has 0 heterocycles. The van der Waals surface area contributed by atoms with Crippen molar-refractivity contribution in [2.45, 2.75) is 12.6 Å². The molecule has 84 valence electrons. The first-order chi connectivity index (χ1) is 7.26. The monoisotopic (exact) mass is 231 g/mol. The Morgan fingerprint density at radius 3 is 2.60 bits per heavy atom. The van der Waals surface area contributed by atoms with Crippen LogP contribution in [-0.2, 0) is 11.3 Å². The van der Waals surface area contributed by atoms with Crippen molar-refractivity contribution in [1.82, 2.24) is 5.32 Å². The molecule has 0 aliphatic carbocycles. The first-order valence-corrected chi connectivity index (χ1v) is 5.32. The molecule has 0 spiro atoms. The van der Waals surface area contributed by atoms with E-state index in [2.05, 4.69) is 5.32 Å². The summed E-state index contributed by atoms with van der Waals surface area (Å²) < 4.78 is 17.6. The van der Waals surface area contributed by atoms with Gasteiger partial charge in [-0.05, 0) is 17.7 Å². The molecule has 1 unspecified atom stereocenters. The quantitative estimate of drug-likeness (QED) is 0.758. The van der Waals surface area contributed by atoms with Gasteiger partial charge in [0.2, 0.25) is 0 Å². The fourth-order valence-electron chi connectivity index (χ4n) is 1.22. The standard InChI is InChI=1S/C11H15ClFNO/c1-15-8-11(6-12)14-7-9-2-4-10(13)5-3-9/h2-5,11,14H,6-8H2,1H3. The van der Waals surface area contributed by atoms with Crippen molar-refractivity contribution >= 4 is 11.6 Å². The summed E-state index contributed by atoms with van der Waals surface area (Å²) in [6, 6.07) is 6.52. The average Bonchev–Trinajstić information content (AvgIpc) is 2.26. The largest absolute Gasteiger partial charge is 0.383 e. The molecule has 0 amide bonds. The van der Waals surface area contributed by atoms with E-state index in [1.807, 2.05) is 0 Å². The number of alkyl halides is 1. The number of ether oxygens (including phenoxy) is 1. The van der Waals surface area contributed by atoms with Crippen LogP contribution in [0.2, 0.25) is 0 Å². The molecule has 0 saturated carbocycles. The summed E-state index contributed by atoms with van der Waals surface area (Å²) in [6.07, 6.45) is 0. The van der Waals surface area contributed by atoms with Crippen LogP contribution in [-0.4, -0.2) is 25.6 Å². The van der Waals surface area contributed by atoms with Gasteiger partial charge in [0, 0.05) is 25.6 Å². The van der Waals surface area contributed by atoms with Gasteiger partial charge in [-0.15, -0.1) is 11.6 Å². The molecule has 1 aromatic carbocycles. The lowest BCUT2D eigenvalue weighted by molar-refractivity contribution is 0.172. The molecule has 15 heavy (non-hydrogen) atoms. The number of rotatable bonds is 6. The van der Waals surface area contributed by atoms with Crippen molar-refractivity contribution in [3.63, 3.8) is 0 Å². The van der Waals surface area contributed by atoms with Gasteiger partial charge in [-0.2, -0.15) is 0 Å². The van der Waals surface area contributed by atoms with E-state index >= 15 is 0 Å². The maximum absolute atomic E-state index is 12.6. The molecule has 4 heteroatoms. The Morgan fingerprint density at radius 1 is 1.40 bits per heavy atom. The van der Waals surface area contributed by atoms with Crippen molar-refractivity contribution in [3.8, 4) is 0 Å². The van der Waals surface area contributed by atoms with Crippen LogP contribution in [0.4, 0.5) is 4.39 Å². The second kappa shape index (κ2) is 6.77. The molecule has 1 rings (SSSR count). The highest BCUT2D eigenvalue weighted by Gasteiger charge is 2.05. The second-order valence-corrected chi connectivity index (χ2v) is 3.62. The van der Waals surface area contributed by atoms with E-state index in [9.17, 15) is 4.39 Å². The number of benzene rings is 1. The van der Waals surface area contributed by atoms with E-state index in [4.69, 9.17) is 16.3 Å². The first kappa shape index (κ1) is 12.4. The predicted molar refractivity (Wildman–Crippen MR) is 59.6 cm³/mol. The topological polar surface area (TPSA) is 21.3 Å². The number of halogens is 2. The summed E-state index contributed by atoms with van der Waals surface area (Å²) in [7, 11) is 1.64. The molecule has 1 aromatic rings. The lowest BCUT2D eigenvalue weighted by Gasteiger charge is -2.14. The van der Waals surface area contributed by atoms with E-state index < -0.39 is 0 Å². The summed E-state index contributed by atoms with van der Waals surface area (Å²) in [6.45, 7) is 1.24. The van der Waals surface area contributed by atoms with Crippen LogP contribution in [0.5, 0.6) is 0 Å². The van der Waals surface area contributed by atoms with Crippen LogP contribution >= 0.6 is 11.6 Å². The third kappa shape index (κ3) is 4.60. The zero-order valence-electron chi connectivity index (χ0n) is 8.67. The van der Waals surface area contributed by atoms with Gasteiger partial charge in [0.25, 0.3) is 0 Å². The van der Waals surface area contributed by atoms with Crippen LogP contribution in [0.3, 0.4) is 0 Å². The minimum absolute atomic E-state index is 0.127. The minimum atomic E-state index is -0.218. The molecule has 1 atom stereocenters. The van der Waals surface area contributed by atoms with Crippen LogP contribution < -0.4 is 5.32 Å². The van der Waals surface area contributed by atoms with Gasteiger partial charge >= 0.3 is 0 Å². The maximum atomic E-state index is 12.6. The van der Waals surface area contributed by atoms with Gasteiger partial charge in [0.1, 0.15) is 5.82 Å².